The Bertz CT molecular complexity index is 3550. The van der Waals surface area contributed by atoms with Crippen molar-refractivity contribution in [2.45, 2.75) is 102 Å². The second kappa shape index (κ2) is 31.2. The number of aromatic nitrogens is 2. The average Bonchev–Trinajstić information content (AvgIpc) is 0.967. The first-order valence-electron chi connectivity index (χ1n) is 26.9. The monoisotopic (exact) mass is 1320 g/mol. The SMILES string of the molecule is CN(C(=O)OC(C)(C)C)C(C)(C)c1cc(-c2ccc(F)c(Cl)c2)nc(C(O)(CN)C(F)(F)F)c1.CNC(C)(C)c1cc(-c2ccc(F)c(Cl)c2)nc(C(C)(O)CCC(=O)c2ccc(OCC(N)=O)c(OC)c2)c1.COc1cc(C(=O)O)ccc1OCC(N)=O.Cl. The van der Waals surface area contributed by atoms with Crippen molar-refractivity contribution in [3.8, 4) is 45.5 Å². The number of halogens is 8. The number of aliphatic hydroxyl groups is 2. The van der Waals surface area contributed by atoms with Gasteiger partial charge in [-0.25, -0.2) is 28.3 Å². The molecule has 0 saturated carbocycles. The van der Waals surface area contributed by atoms with Crippen LogP contribution in [0.2, 0.25) is 10.0 Å². The largest absolute Gasteiger partial charge is 0.493 e. The van der Waals surface area contributed by atoms with Gasteiger partial charge in [-0.3, -0.25) is 14.4 Å². The number of carboxylic acids is 1. The number of nitrogens with one attached hydrogen (secondary N) is 1. The zero-order valence-electron chi connectivity index (χ0n) is 51.3. The van der Waals surface area contributed by atoms with E-state index in [0.29, 0.717) is 22.5 Å². The van der Waals surface area contributed by atoms with E-state index in [4.69, 9.17) is 69.2 Å². The van der Waals surface area contributed by atoms with Gasteiger partial charge in [0, 0.05) is 42.2 Å². The Morgan fingerprint density at radius 3 is 1.50 bits per heavy atom. The number of carboxylic acid groups (broad SMARTS) is 1. The van der Waals surface area contributed by atoms with Crippen LogP contribution in [0.5, 0.6) is 23.0 Å². The van der Waals surface area contributed by atoms with E-state index in [-0.39, 0.29) is 99.7 Å². The first kappa shape index (κ1) is 76.3. The van der Waals surface area contributed by atoms with Crippen molar-refractivity contribution in [2.24, 2.45) is 17.2 Å². The summed E-state index contributed by atoms with van der Waals surface area (Å²) in [6.07, 6.45) is -5.77. The molecule has 0 saturated heterocycles. The summed E-state index contributed by atoms with van der Waals surface area (Å²) in [6, 6.07) is 22.6. The van der Waals surface area contributed by atoms with Gasteiger partial charge < -0.3 is 66.4 Å². The minimum atomic E-state index is -5.15. The third kappa shape index (κ3) is 20.0. The van der Waals surface area contributed by atoms with Crippen LogP contribution in [0.25, 0.3) is 22.5 Å². The second-order valence-corrected chi connectivity index (χ2v) is 23.1. The molecule has 20 nitrogen and oxygen atoms in total. The van der Waals surface area contributed by atoms with E-state index < -0.39 is 81.8 Å². The van der Waals surface area contributed by atoms with E-state index in [9.17, 15) is 56.1 Å². The molecule has 0 aliphatic heterocycles. The molecule has 3 amide bonds. The number of rotatable bonds is 22. The predicted octanol–water partition coefficient (Wildman–Crippen LogP) is 10.8. The molecule has 0 spiro atoms. The van der Waals surface area contributed by atoms with Crippen molar-refractivity contribution in [3.63, 3.8) is 0 Å². The Morgan fingerprint density at radius 1 is 0.644 bits per heavy atom. The molecule has 2 atom stereocenters. The molecule has 10 N–H and O–H groups in total. The number of aromatic carboxylic acids is 1. The van der Waals surface area contributed by atoms with Gasteiger partial charge in [0.05, 0.1) is 58.1 Å². The molecule has 6 aromatic rings. The number of carbonyl (C=O) groups is 5. The van der Waals surface area contributed by atoms with Gasteiger partial charge in [-0.1, -0.05) is 23.2 Å². The maximum Gasteiger partial charge on any atom is 0.424 e. The zero-order chi connectivity index (χ0) is 67.4. The molecule has 2 heterocycles. The highest BCUT2D eigenvalue weighted by atomic mass is 35.5. The van der Waals surface area contributed by atoms with Crippen molar-refractivity contribution in [3.05, 3.63) is 152 Å². The normalized spacial score (nSPS) is 12.8. The Hall–Kier alpha value is -7.91. The Labute approximate surface area is 533 Å². The van der Waals surface area contributed by atoms with Gasteiger partial charge in [0.1, 0.15) is 22.8 Å². The maximum atomic E-state index is 13.8. The third-order valence-corrected chi connectivity index (χ3v) is 14.4. The van der Waals surface area contributed by atoms with Crippen LogP contribution < -0.4 is 41.5 Å². The summed E-state index contributed by atoms with van der Waals surface area (Å²) in [5, 5.41) is 33.6. The standard InChI is InChI=1S/C29H33ClFN3O5.C23H28ClF4N3O3.C10H11NO5.ClH/c1-28(2,33-4)19-14-22(17-6-8-21(31)20(30)12-17)34-26(15-19)29(3,37)11-10-23(35)18-7-9-24(25(13-18)38-5)39-16-27(32)36;1-20(2,3)34-19(32)31(6)21(4,5)14-10-17(13-7-8-16(25)15(24)9-13)30-18(11-14)22(33,12-29)23(26,27)28;1-15-8-4-6(10(13)14)2-3-7(8)16-5-9(11)12;/h6-9,12-15,33,37H,10-11,16H2,1-5H3,(H2,32,36);7-11,33H,12,29H2,1-6H3;2-4H,5H2,1H3,(H2,11,12)(H,13,14);1H. The lowest BCUT2D eigenvalue weighted by Gasteiger charge is -2.38. The zero-order valence-corrected chi connectivity index (χ0v) is 53.7. The van der Waals surface area contributed by atoms with E-state index in [2.05, 4.69) is 15.3 Å². The number of methoxy groups -OCH3 is 2. The maximum absolute atomic E-state index is 13.8. The van der Waals surface area contributed by atoms with Gasteiger partial charge in [0.2, 0.25) is 5.60 Å². The number of ketones is 1. The molecular formula is C62H73Cl3F5N7O13. The molecule has 0 aliphatic rings. The highest BCUT2D eigenvalue weighted by Gasteiger charge is 2.56. The van der Waals surface area contributed by atoms with Gasteiger partial charge in [0.15, 0.2) is 42.0 Å². The molecule has 0 aliphatic carbocycles. The quantitative estimate of drug-likeness (QED) is 0.0245. The fourth-order valence-electron chi connectivity index (χ4n) is 7.94. The van der Waals surface area contributed by atoms with E-state index in [1.54, 1.807) is 59.7 Å². The molecule has 2 unspecified atom stereocenters. The summed E-state index contributed by atoms with van der Waals surface area (Å²) in [5.74, 6) is -2.76. The number of Topliss-reactive ketones (excluding diaryl/α,β-unsaturated/α-hetero) is 1. The Balaban J connectivity index is 0.000000378. The fourth-order valence-corrected chi connectivity index (χ4v) is 8.30. The topological polar surface area (TPSA) is 311 Å². The summed E-state index contributed by atoms with van der Waals surface area (Å²) in [6.45, 7) is 12.0. The van der Waals surface area contributed by atoms with Crippen LogP contribution in [-0.2, 0) is 36.6 Å². The molecule has 0 radical (unpaired) electrons. The number of hydrogen-bond acceptors (Lipinski definition) is 16. The number of ether oxygens (including phenoxy) is 5. The number of pyridine rings is 2. The number of primary amides is 2. The molecule has 4 aromatic carbocycles. The van der Waals surface area contributed by atoms with Gasteiger partial charge >= 0.3 is 18.2 Å². The lowest BCUT2D eigenvalue weighted by Crippen LogP contribution is -2.49. The molecular weight excluding hydrogens is 1250 g/mol. The number of alkyl halides is 3. The average molecular weight is 1330 g/mol. The number of nitrogens with zero attached hydrogens (tertiary/aromatic N) is 3. The molecule has 6 rings (SSSR count). The molecule has 0 fully saturated rings. The molecule has 2 aromatic heterocycles. The molecule has 90 heavy (non-hydrogen) atoms. The number of nitrogens with two attached hydrogens (primary N) is 3. The van der Waals surface area contributed by atoms with Crippen LogP contribution in [0.4, 0.5) is 26.7 Å². The number of hydrogen-bond donors (Lipinski definition) is 7. The van der Waals surface area contributed by atoms with Gasteiger partial charge in [-0.15, -0.1) is 12.4 Å². The first-order valence-corrected chi connectivity index (χ1v) is 27.7. The minimum absolute atomic E-state index is 0. The van der Waals surface area contributed by atoms with Crippen molar-refractivity contribution >= 4 is 65.3 Å². The summed E-state index contributed by atoms with van der Waals surface area (Å²) in [4.78, 5) is 67.8. The molecule has 0 bridgehead atoms. The highest BCUT2D eigenvalue weighted by Crippen LogP contribution is 2.42. The lowest BCUT2D eigenvalue weighted by molar-refractivity contribution is -0.263. The van der Waals surface area contributed by atoms with Crippen LogP contribution in [-0.4, -0.2) is 120 Å². The summed E-state index contributed by atoms with van der Waals surface area (Å²) >= 11 is 11.9. The van der Waals surface area contributed by atoms with Crippen LogP contribution in [0.3, 0.4) is 0 Å². The summed E-state index contributed by atoms with van der Waals surface area (Å²) in [7, 11) is 6.05. The van der Waals surface area contributed by atoms with E-state index >= 15 is 0 Å². The highest BCUT2D eigenvalue weighted by molar-refractivity contribution is 6.31. The first-order chi connectivity index (χ1) is 41.1. The van der Waals surface area contributed by atoms with Gasteiger partial charge in [0.25, 0.3) is 11.8 Å². The summed E-state index contributed by atoms with van der Waals surface area (Å²) in [5.41, 5.74) is 10.2. The fraction of sp³-hybridized carbons (Fsp3) is 0.371. The van der Waals surface area contributed by atoms with Crippen LogP contribution in [0.1, 0.15) is 111 Å². The van der Waals surface area contributed by atoms with Crippen molar-refractivity contribution in [2.75, 3.05) is 48.1 Å². The molecule has 28 heteroatoms. The lowest BCUT2D eigenvalue weighted by atomic mass is 9.87. The molecule has 490 valence electrons. The Kier molecular flexibility index (Phi) is 26.5. The minimum Gasteiger partial charge on any atom is -0.493 e. The van der Waals surface area contributed by atoms with Crippen LogP contribution >= 0.6 is 35.6 Å². The smallest absolute Gasteiger partial charge is 0.424 e. The van der Waals surface area contributed by atoms with E-state index in [1.807, 2.05) is 27.0 Å². The van der Waals surface area contributed by atoms with E-state index in [0.717, 1.165) is 17.7 Å². The van der Waals surface area contributed by atoms with E-state index in [1.165, 1.54) is 86.8 Å². The van der Waals surface area contributed by atoms with Crippen molar-refractivity contribution in [1.29, 1.82) is 0 Å². The second-order valence-electron chi connectivity index (χ2n) is 22.3. The number of benzene rings is 4. The number of amides is 3. The Morgan fingerprint density at radius 2 is 1.09 bits per heavy atom. The third-order valence-electron chi connectivity index (χ3n) is 13.9. The van der Waals surface area contributed by atoms with Crippen molar-refractivity contribution in [1.82, 2.24) is 20.2 Å². The van der Waals surface area contributed by atoms with Crippen molar-refractivity contribution < 1.29 is 84.9 Å². The van der Waals surface area contributed by atoms with Crippen LogP contribution in [0, 0.1) is 11.6 Å². The number of carbonyl (C=O) groups excluding carboxylic acids is 4. The van der Waals surface area contributed by atoms with Crippen LogP contribution in [0.15, 0.2) is 97.1 Å². The predicted molar refractivity (Wildman–Crippen MR) is 330 cm³/mol. The van der Waals surface area contributed by atoms with Gasteiger partial charge in [-0.2, -0.15) is 13.2 Å². The van der Waals surface area contributed by atoms with Gasteiger partial charge in [-0.05, 0) is 177 Å². The summed E-state index contributed by atoms with van der Waals surface area (Å²) < 4.78 is 94.9.